The van der Waals surface area contributed by atoms with Crippen LogP contribution in [0.3, 0.4) is 0 Å². The second-order valence-electron chi connectivity index (χ2n) is 3.53. The van der Waals surface area contributed by atoms with Crippen LogP contribution in [0.5, 0.6) is 0 Å². The average molecular weight is 209 g/mol. The van der Waals surface area contributed by atoms with Crippen molar-refractivity contribution in [1.82, 2.24) is 15.0 Å². The molecule has 6 heteroatoms. The number of nitrogens with zero attached hydrogens (tertiary/aromatic N) is 3. The van der Waals surface area contributed by atoms with Crippen LogP contribution in [-0.2, 0) is 0 Å². The lowest BCUT2D eigenvalue weighted by Gasteiger charge is -2.14. The van der Waals surface area contributed by atoms with E-state index >= 15 is 0 Å². The molecule has 1 fully saturated rings. The molecule has 1 aromatic heterocycles. The summed E-state index contributed by atoms with van der Waals surface area (Å²) in [7, 11) is 0. The molecule has 2 heterocycles. The van der Waals surface area contributed by atoms with Gasteiger partial charge in [-0.3, -0.25) is 4.98 Å². The van der Waals surface area contributed by atoms with Gasteiger partial charge in [-0.25, -0.2) is 4.79 Å². The minimum absolute atomic E-state index is 0.345. The molecule has 0 aliphatic carbocycles. The molecule has 1 aliphatic heterocycles. The molecular weight excluding hydrogens is 194 g/mol. The van der Waals surface area contributed by atoms with Gasteiger partial charge in [0, 0.05) is 19.6 Å². The van der Waals surface area contributed by atoms with Crippen LogP contribution in [0.1, 0.15) is 19.8 Å². The number of hydrogen-bond acceptors (Lipinski definition) is 5. The van der Waals surface area contributed by atoms with Crippen molar-refractivity contribution >= 4 is 11.9 Å². The molecule has 0 amide bonds. The molecule has 0 bridgehead atoms. The van der Waals surface area contributed by atoms with Crippen molar-refractivity contribution in [3.8, 4) is 0 Å². The van der Waals surface area contributed by atoms with E-state index in [-0.39, 0.29) is 5.69 Å². The fraction of sp³-hybridized carbons (Fsp3) is 0.667. The number of hydrogen-bond donors (Lipinski definition) is 2. The van der Waals surface area contributed by atoms with E-state index in [4.69, 9.17) is 0 Å². The molecule has 2 N–H and O–H groups in total. The van der Waals surface area contributed by atoms with Crippen LogP contribution in [0.15, 0.2) is 4.79 Å². The van der Waals surface area contributed by atoms with Crippen LogP contribution in [0.25, 0.3) is 0 Å². The fourth-order valence-corrected chi connectivity index (χ4v) is 1.68. The Balaban J connectivity index is 2.26. The molecule has 2 rings (SSSR count). The summed E-state index contributed by atoms with van der Waals surface area (Å²) in [5.74, 6) is 1.03. The van der Waals surface area contributed by atoms with Crippen molar-refractivity contribution in [1.29, 1.82) is 0 Å². The molecule has 1 aromatic rings. The third-order valence-corrected chi connectivity index (χ3v) is 2.37. The van der Waals surface area contributed by atoms with Crippen LogP contribution in [0, 0.1) is 0 Å². The number of aromatic amines is 1. The molecule has 0 saturated carbocycles. The van der Waals surface area contributed by atoms with Crippen LogP contribution in [0.2, 0.25) is 0 Å². The van der Waals surface area contributed by atoms with E-state index in [2.05, 4.69) is 20.3 Å². The monoisotopic (exact) mass is 209 g/mol. The van der Waals surface area contributed by atoms with Crippen molar-refractivity contribution in [2.75, 3.05) is 29.9 Å². The molecular formula is C9H15N5O. The van der Waals surface area contributed by atoms with E-state index in [0.29, 0.717) is 11.9 Å². The van der Waals surface area contributed by atoms with E-state index < -0.39 is 0 Å². The van der Waals surface area contributed by atoms with Gasteiger partial charge in [-0.05, 0) is 19.8 Å². The smallest absolute Gasteiger partial charge is 0.350 e. The van der Waals surface area contributed by atoms with Gasteiger partial charge >= 0.3 is 5.69 Å². The highest BCUT2D eigenvalue weighted by Gasteiger charge is 2.15. The summed E-state index contributed by atoms with van der Waals surface area (Å²) >= 11 is 0. The van der Waals surface area contributed by atoms with Crippen molar-refractivity contribution in [2.24, 2.45) is 0 Å². The molecule has 82 valence electrons. The Morgan fingerprint density at radius 2 is 2.13 bits per heavy atom. The zero-order valence-corrected chi connectivity index (χ0v) is 8.79. The second-order valence-corrected chi connectivity index (χ2v) is 3.53. The van der Waals surface area contributed by atoms with E-state index in [1.807, 2.05) is 11.8 Å². The number of anilines is 2. The van der Waals surface area contributed by atoms with Gasteiger partial charge in [0.25, 0.3) is 0 Å². The van der Waals surface area contributed by atoms with Gasteiger partial charge in [-0.15, -0.1) is 0 Å². The van der Waals surface area contributed by atoms with Crippen molar-refractivity contribution in [3.05, 3.63) is 10.5 Å². The minimum atomic E-state index is -0.345. The Labute approximate surface area is 87.7 Å². The lowest BCUT2D eigenvalue weighted by molar-refractivity contribution is 0.860. The van der Waals surface area contributed by atoms with Gasteiger partial charge in [0.2, 0.25) is 11.9 Å². The zero-order chi connectivity index (χ0) is 10.7. The molecule has 6 nitrogen and oxygen atoms in total. The summed E-state index contributed by atoms with van der Waals surface area (Å²) < 4.78 is 0. The second kappa shape index (κ2) is 4.29. The van der Waals surface area contributed by atoms with Gasteiger partial charge in [-0.2, -0.15) is 9.97 Å². The summed E-state index contributed by atoms with van der Waals surface area (Å²) in [5.41, 5.74) is -0.345. The Kier molecular flexibility index (Phi) is 2.84. The number of H-pyrrole nitrogens is 1. The summed E-state index contributed by atoms with van der Waals surface area (Å²) in [6.07, 6.45) is 2.29. The Hall–Kier alpha value is -1.59. The topological polar surface area (TPSA) is 73.9 Å². The average Bonchev–Trinajstić information content (AvgIpc) is 2.70. The highest BCUT2D eigenvalue weighted by molar-refractivity contribution is 5.36. The first kappa shape index (κ1) is 9.95. The van der Waals surface area contributed by atoms with E-state index in [9.17, 15) is 4.79 Å². The van der Waals surface area contributed by atoms with Crippen LogP contribution >= 0.6 is 0 Å². The summed E-state index contributed by atoms with van der Waals surface area (Å²) in [5, 5.41) is 2.98. The third-order valence-electron chi connectivity index (χ3n) is 2.37. The molecule has 0 unspecified atom stereocenters. The van der Waals surface area contributed by atoms with Gasteiger partial charge in [0.15, 0.2) is 0 Å². The minimum Gasteiger partial charge on any atom is -0.356 e. The molecule has 1 aliphatic rings. The number of aromatic nitrogens is 3. The SMILES string of the molecule is CCNc1nc(N2CCCC2)nc(=O)[nH]1. The summed E-state index contributed by atoms with van der Waals surface area (Å²) in [6, 6.07) is 0. The molecule has 15 heavy (non-hydrogen) atoms. The van der Waals surface area contributed by atoms with Crippen molar-refractivity contribution in [3.63, 3.8) is 0 Å². The maximum atomic E-state index is 11.3. The largest absolute Gasteiger partial charge is 0.356 e. The van der Waals surface area contributed by atoms with Crippen LogP contribution < -0.4 is 15.9 Å². The molecule has 0 spiro atoms. The summed E-state index contributed by atoms with van der Waals surface area (Å²) in [6.45, 7) is 4.56. The Morgan fingerprint density at radius 3 is 2.80 bits per heavy atom. The van der Waals surface area contributed by atoms with Crippen molar-refractivity contribution < 1.29 is 0 Å². The first-order chi connectivity index (χ1) is 7.29. The Bertz CT molecular complexity index is 382. The highest BCUT2D eigenvalue weighted by Crippen LogP contribution is 2.14. The van der Waals surface area contributed by atoms with Gasteiger partial charge in [-0.1, -0.05) is 0 Å². The quantitative estimate of drug-likeness (QED) is 0.743. The van der Waals surface area contributed by atoms with Crippen LogP contribution in [0.4, 0.5) is 11.9 Å². The van der Waals surface area contributed by atoms with E-state index in [1.165, 1.54) is 0 Å². The number of rotatable bonds is 3. The van der Waals surface area contributed by atoms with Gasteiger partial charge in [0.05, 0.1) is 0 Å². The normalized spacial score (nSPS) is 15.7. The van der Waals surface area contributed by atoms with Crippen molar-refractivity contribution in [2.45, 2.75) is 19.8 Å². The zero-order valence-electron chi connectivity index (χ0n) is 8.79. The predicted molar refractivity (Wildman–Crippen MR) is 58.3 cm³/mol. The van der Waals surface area contributed by atoms with Gasteiger partial charge < -0.3 is 10.2 Å². The summed E-state index contributed by atoms with van der Waals surface area (Å²) in [4.78, 5) is 24.0. The van der Waals surface area contributed by atoms with E-state index in [1.54, 1.807) is 0 Å². The first-order valence-electron chi connectivity index (χ1n) is 5.27. The van der Waals surface area contributed by atoms with E-state index in [0.717, 1.165) is 32.5 Å². The predicted octanol–water partition coefficient (Wildman–Crippen LogP) is 0.197. The molecule has 0 aromatic carbocycles. The Morgan fingerprint density at radius 1 is 1.40 bits per heavy atom. The molecule has 0 atom stereocenters. The number of nitrogens with one attached hydrogen (secondary N) is 2. The van der Waals surface area contributed by atoms with Crippen LogP contribution in [-0.4, -0.2) is 34.6 Å². The lowest BCUT2D eigenvalue weighted by Crippen LogP contribution is -2.26. The highest BCUT2D eigenvalue weighted by atomic mass is 16.1. The molecule has 0 radical (unpaired) electrons. The third kappa shape index (κ3) is 2.26. The standard InChI is InChI=1S/C9H15N5O/c1-2-10-7-11-8(13-9(15)12-7)14-5-3-4-6-14/h2-6H2,1H3,(H2,10,11,12,13,15). The van der Waals surface area contributed by atoms with Gasteiger partial charge in [0.1, 0.15) is 0 Å². The fourth-order valence-electron chi connectivity index (χ4n) is 1.68. The lowest BCUT2D eigenvalue weighted by atomic mass is 10.4. The first-order valence-corrected chi connectivity index (χ1v) is 5.27. The maximum absolute atomic E-state index is 11.3. The molecule has 1 saturated heterocycles. The maximum Gasteiger partial charge on any atom is 0.350 e.